The molecule has 1 aromatic heterocycles. The maximum atomic E-state index is 13.1. The van der Waals surface area contributed by atoms with Crippen LogP contribution in [0.15, 0.2) is 51.3 Å². The summed E-state index contributed by atoms with van der Waals surface area (Å²) in [6.45, 7) is 2.07. The third kappa shape index (κ3) is 6.02. The van der Waals surface area contributed by atoms with Crippen LogP contribution in [0, 0.1) is 22.7 Å². The predicted octanol–water partition coefficient (Wildman–Crippen LogP) is 1.78. The van der Waals surface area contributed by atoms with Crippen LogP contribution in [0.5, 0.6) is 0 Å². The minimum atomic E-state index is -1.06. The molecule has 0 aliphatic rings. The van der Waals surface area contributed by atoms with Crippen molar-refractivity contribution in [3.05, 3.63) is 57.8 Å². The lowest BCUT2D eigenvalue weighted by Gasteiger charge is -2.10. The van der Waals surface area contributed by atoms with Gasteiger partial charge in [-0.3, -0.25) is 19.8 Å². The second kappa shape index (κ2) is 11.4. The molecule has 2 rings (SSSR count). The van der Waals surface area contributed by atoms with Crippen LogP contribution in [0.25, 0.3) is 17.1 Å². The van der Waals surface area contributed by atoms with Crippen molar-refractivity contribution < 1.29 is 0 Å². The number of hydrogen-bond acceptors (Lipinski definition) is 6. The fraction of sp³-hybridized carbons (Fsp3) is 0.238. The van der Waals surface area contributed by atoms with Crippen molar-refractivity contribution in [2.45, 2.75) is 19.8 Å². The number of aromatic nitrogens is 2. The molecule has 1 atom stereocenters. The van der Waals surface area contributed by atoms with E-state index in [1.807, 2.05) is 13.0 Å². The Bertz CT molecular complexity index is 1220. The summed E-state index contributed by atoms with van der Waals surface area (Å²) in [5.41, 5.74) is 17.0. The van der Waals surface area contributed by atoms with Gasteiger partial charge in [0.2, 0.25) is 0 Å². The number of nitrogens with zero attached hydrogens (tertiary/aromatic N) is 5. The number of aryl methyl sites for hydroxylation is 1. The van der Waals surface area contributed by atoms with Crippen molar-refractivity contribution >= 4 is 46.2 Å². The number of nitriles is 1. The number of nitrogens with one attached hydrogen (secondary N) is 1. The molecule has 7 N–H and O–H groups in total. The number of allylic oxidation sites excluding steroid dienone is 1. The summed E-state index contributed by atoms with van der Waals surface area (Å²) >= 11 is 6.22. The van der Waals surface area contributed by atoms with Crippen LogP contribution in [0.4, 0.5) is 0 Å². The van der Waals surface area contributed by atoms with Gasteiger partial charge in [0.1, 0.15) is 23.3 Å². The number of halogens is 1. The molecule has 1 unspecified atom stereocenters. The van der Waals surface area contributed by atoms with Crippen molar-refractivity contribution in [2.75, 3.05) is 6.54 Å². The Morgan fingerprint density at radius 2 is 2.16 bits per heavy atom. The molecule has 32 heavy (non-hydrogen) atoms. The average molecular weight is 454 g/mol. The van der Waals surface area contributed by atoms with E-state index in [4.69, 9.17) is 39.5 Å². The zero-order valence-electron chi connectivity index (χ0n) is 17.5. The van der Waals surface area contributed by atoms with Crippen LogP contribution in [-0.4, -0.2) is 33.6 Å². The van der Waals surface area contributed by atoms with Gasteiger partial charge in [0.25, 0.3) is 5.56 Å². The number of rotatable bonds is 9. The molecule has 1 aromatic carbocycles. The summed E-state index contributed by atoms with van der Waals surface area (Å²) in [6.07, 6.45) is 7.11. The summed E-state index contributed by atoms with van der Waals surface area (Å²) in [5, 5.41) is 17.0. The van der Waals surface area contributed by atoms with Gasteiger partial charge in [-0.2, -0.15) is 5.26 Å². The summed E-state index contributed by atoms with van der Waals surface area (Å²) in [6, 6.07) is 6.89. The lowest BCUT2D eigenvalue weighted by Crippen LogP contribution is -2.34. The number of aliphatic imine (C=N–C) groups is 2. The first-order valence-corrected chi connectivity index (χ1v) is 10.0. The van der Waals surface area contributed by atoms with E-state index in [0.717, 1.165) is 0 Å². The van der Waals surface area contributed by atoms with E-state index in [1.165, 1.54) is 17.0 Å². The van der Waals surface area contributed by atoms with E-state index in [1.54, 1.807) is 30.4 Å². The fourth-order valence-corrected chi connectivity index (χ4v) is 3.06. The number of benzene rings is 1. The fourth-order valence-electron chi connectivity index (χ4n) is 2.81. The van der Waals surface area contributed by atoms with Gasteiger partial charge >= 0.3 is 0 Å². The molecule has 11 heteroatoms. The molecule has 0 saturated carbocycles. The van der Waals surface area contributed by atoms with Gasteiger partial charge in [-0.25, -0.2) is 9.98 Å². The summed E-state index contributed by atoms with van der Waals surface area (Å²) in [5.74, 6) is -0.689. The maximum absolute atomic E-state index is 13.1. The Labute approximate surface area is 189 Å². The summed E-state index contributed by atoms with van der Waals surface area (Å²) < 4.78 is 1.36. The van der Waals surface area contributed by atoms with Gasteiger partial charge in [0, 0.05) is 25.4 Å². The van der Waals surface area contributed by atoms with Crippen LogP contribution >= 0.6 is 11.6 Å². The second-order valence-electron chi connectivity index (χ2n) is 6.62. The minimum absolute atomic E-state index is 0.0238. The number of hydrogen-bond donors (Lipinski definition) is 4. The largest absolute Gasteiger partial charge is 0.386 e. The first-order chi connectivity index (χ1) is 15.3. The molecule has 0 amide bonds. The zero-order chi connectivity index (χ0) is 23.7. The van der Waals surface area contributed by atoms with Crippen molar-refractivity contribution in [3.8, 4) is 6.07 Å². The Morgan fingerprint density at radius 1 is 1.41 bits per heavy atom. The smallest absolute Gasteiger partial charge is 0.267 e. The quantitative estimate of drug-likeness (QED) is 0.254. The maximum Gasteiger partial charge on any atom is 0.267 e. The van der Waals surface area contributed by atoms with Gasteiger partial charge in [0.15, 0.2) is 5.92 Å². The Hall–Kier alpha value is -3.97. The standard InChI is InChI=1S/C21H24ClN9O/c1-2-5-16(24)28-10-11-31-17(8-4-9-29-20(27)13(12-23)19(25)26)30-15-7-3-6-14(22)18(15)21(31)32/h2-3,5-7,10-11,13H,4,8-9H2,1H3,(H2,24,28)(H3,25,26)(H2,27,29)/b5-2+,11-10?. The zero-order valence-corrected chi connectivity index (χ0v) is 18.3. The highest BCUT2D eigenvalue weighted by molar-refractivity contribution is 6.35. The lowest BCUT2D eigenvalue weighted by atomic mass is 10.1. The highest BCUT2D eigenvalue weighted by Crippen LogP contribution is 2.19. The molecular formula is C21H24ClN9O. The van der Waals surface area contributed by atoms with Gasteiger partial charge in [0.05, 0.1) is 22.0 Å². The SMILES string of the molecule is C/C=C/C(N)=NC=Cn1c(CCCN=C(N)C(C#N)C(=N)N)nc2cccc(Cl)c2c1=O. The lowest BCUT2D eigenvalue weighted by molar-refractivity contribution is 0.753. The number of fused-ring (bicyclic) bond motifs is 1. The molecule has 0 spiro atoms. The minimum Gasteiger partial charge on any atom is -0.386 e. The van der Waals surface area contributed by atoms with Gasteiger partial charge in [-0.1, -0.05) is 23.7 Å². The first-order valence-electron chi connectivity index (χ1n) is 9.65. The van der Waals surface area contributed by atoms with Crippen LogP contribution in [0.1, 0.15) is 19.2 Å². The molecule has 1 heterocycles. The number of nitrogens with two attached hydrogens (primary N) is 3. The van der Waals surface area contributed by atoms with Gasteiger partial charge in [-0.05, 0) is 31.6 Å². The third-order valence-electron chi connectivity index (χ3n) is 4.32. The summed E-state index contributed by atoms with van der Waals surface area (Å²) in [7, 11) is 0. The first kappa shape index (κ1) is 24.3. The molecule has 2 aromatic rings. The van der Waals surface area contributed by atoms with Crippen LogP contribution in [0.3, 0.4) is 0 Å². The van der Waals surface area contributed by atoms with Crippen molar-refractivity contribution in [3.63, 3.8) is 0 Å². The Balaban J connectivity index is 2.36. The third-order valence-corrected chi connectivity index (χ3v) is 4.63. The summed E-state index contributed by atoms with van der Waals surface area (Å²) in [4.78, 5) is 25.8. The Kier molecular flexibility index (Phi) is 8.68. The van der Waals surface area contributed by atoms with Crippen molar-refractivity contribution in [1.82, 2.24) is 9.55 Å². The van der Waals surface area contributed by atoms with Gasteiger partial charge in [-0.15, -0.1) is 0 Å². The van der Waals surface area contributed by atoms with E-state index in [2.05, 4.69) is 15.0 Å². The van der Waals surface area contributed by atoms with Crippen LogP contribution < -0.4 is 22.8 Å². The molecule has 10 nitrogen and oxygen atoms in total. The van der Waals surface area contributed by atoms with E-state index in [9.17, 15) is 4.79 Å². The molecule has 0 aliphatic carbocycles. The molecule has 0 fully saturated rings. The van der Waals surface area contributed by atoms with E-state index < -0.39 is 5.92 Å². The molecule has 0 radical (unpaired) electrons. The normalized spacial score (nSPS) is 13.7. The second-order valence-corrected chi connectivity index (χ2v) is 7.02. The Morgan fingerprint density at radius 3 is 2.81 bits per heavy atom. The average Bonchev–Trinajstić information content (AvgIpc) is 2.73. The molecule has 0 aliphatic heterocycles. The number of amidine groups is 3. The van der Waals surface area contributed by atoms with Crippen molar-refractivity contribution in [2.24, 2.45) is 33.1 Å². The van der Waals surface area contributed by atoms with Crippen LogP contribution in [0.2, 0.25) is 5.02 Å². The monoisotopic (exact) mass is 453 g/mol. The molecular weight excluding hydrogens is 430 g/mol. The molecule has 166 valence electrons. The molecule has 0 bridgehead atoms. The van der Waals surface area contributed by atoms with E-state index >= 15 is 0 Å². The van der Waals surface area contributed by atoms with E-state index in [-0.39, 0.29) is 29.6 Å². The van der Waals surface area contributed by atoms with E-state index in [0.29, 0.717) is 34.6 Å². The van der Waals surface area contributed by atoms with Gasteiger partial charge < -0.3 is 17.2 Å². The van der Waals surface area contributed by atoms with Crippen molar-refractivity contribution in [1.29, 1.82) is 10.7 Å². The predicted molar refractivity (Wildman–Crippen MR) is 129 cm³/mol. The highest BCUT2D eigenvalue weighted by Gasteiger charge is 2.15. The molecule has 0 saturated heterocycles. The topological polar surface area (TPSA) is 185 Å². The van der Waals surface area contributed by atoms with Crippen LogP contribution in [-0.2, 0) is 6.42 Å². The highest BCUT2D eigenvalue weighted by atomic mass is 35.5.